The van der Waals surface area contributed by atoms with Gasteiger partial charge in [0, 0.05) is 13.0 Å². The van der Waals surface area contributed by atoms with Crippen LogP contribution in [0.25, 0.3) is 0 Å². The van der Waals surface area contributed by atoms with Crippen LogP contribution in [0.3, 0.4) is 0 Å². The quantitative estimate of drug-likeness (QED) is 0.693. The van der Waals surface area contributed by atoms with Crippen molar-refractivity contribution in [3.63, 3.8) is 0 Å². The van der Waals surface area contributed by atoms with E-state index in [0.717, 1.165) is 6.42 Å². The molecule has 0 aliphatic rings. The van der Waals surface area contributed by atoms with Crippen LogP contribution >= 0.6 is 0 Å². The van der Waals surface area contributed by atoms with E-state index in [1.54, 1.807) is 7.11 Å². The normalized spacial score (nSPS) is 16.6. The fourth-order valence-corrected chi connectivity index (χ4v) is 1.60. The molecule has 13 heavy (non-hydrogen) atoms. The molecule has 0 radical (unpaired) electrons. The third-order valence-electron chi connectivity index (χ3n) is 2.42. The Morgan fingerprint density at radius 3 is 2.00 bits per heavy atom. The van der Waals surface area contributed by atoms with E-state index in [0.29, 0.717) is 18.4 Å². The summed E-state index contributed by atoms with van der Waals surface area (Å²) in [6, 6.07) is 0. The minimum Gasteiger partial charge on any atom is -0.393 e. The summed E-state index contributed by atoms with van der Waals surface area (Å²) in [5, 5.41) is 9.90. The SMILES string of the molecule is COC[C@@H](C(C)C)[C@@H](O)CC(C)C. The Hall–Kier alpha value is -0.0800. The van der Waals surface area contributed by atoms with Crippen LogP contribution in [0.1, 0.15) is 34.1 Å². The number of aliphatic hydroxyl groups is 1. The van der Waals surface area contributed by atoms with Crippen LogP contribution in [0.2, 0.25) is 0 Å². The summed E-state index contributed by atoms with van der Waals surface area (Å²) in [5.41, 5.74) is 0. The fraction of sp³-hybridized carbons (Fsp3) is 1.00. The molecule has 1 N–H and O–H groups in total. The van der Waals surface area contributed by atoms with Gasteiger partial charge in [0.05, 0.1) is 12.7 Å². The molecule has 0 aliphatic heterocycles. The highest BCUT2D eigenvalue weighted by atomic mass is 16.5. The van der Waals surface area contributed by atoms with Crippen LogP contribution in [0.4, 0.5) is 0 Å². The summed E-state index contributed by atoms with van der Waals surface area (Å²) in [5.74, 6) is 1.30. The Morgan fingerprint density at radius 2 is 1.69 bits per heavy atom. The molecule has 0 heterocycles. The Bertz CT molecular complexity index is 121. The van der Waals surface area contributed by atoms with Crippen molar-refractivity contribution in [3.05, 3.63) is 0 Å². The predicted octanol–water partition coefficient (Wildman–Crippen LogP) is 2.31. The molecule has 2 nitrogen and oxygen atoms in total. The minimum absolute atomic E-state index is 0.222. The van der Waals surface area contributed by atoms with E-state index in [1.807, 2.05) is 0 Å². The van der Waals surface area contributed by atoms with Crippen molar-refractivity contribution in [2.75, 3.05) is 13.7 Å². The van der Waals surface area contributed by atoms with Crippen LogP contribution < -0.4 is 0 Å². The molecule has 0 saturated heterocycles. The molecule has 2 atom stereocenters. The van der Waals surface area contributed by atoms with Gasteiger partial charge in [0.1, 0.15) is 0 Å². The van der Waals surface area contributed by atoms with Crippen molar-refractivity contribution in [1.29, 1.82) is 0 Å². The van der Waals surface area contributed by atoms with Gasteiger partial charge in [-0.05, 0) is 18.3 Å². The largest absolute Gasteiger partial charge is 0.393 e. The average Bonchev–Trinajstić information content (AvgIpc) is 1.97. The molecule has 0 aromatic carbocycles. The molecule has 0 rings (SSSR count). The number of ether oxygens (including phenoxy) is 1. The summed E-state index contributed by atoms with van der Waals surface area (Å²) in [7, 11) is 1.69. The summed E-state index contributed by atoms with van der Waals surface area (Å²) in [6.07, 6.45) is 0.645. The zero-order valence-electron chi connectivity index (χ0n) is 9.58. The molecule has 0 spiro atoms. The number of hydrogen-bond acceptors (Lipinski definition) is 2. The van der Waals surface area contributed by atoms with Gasteiger partial charge in [0.2, 0.25) is 0 Å². The van der Waals surface area contributed by atoms with Crippen LogP contribution in [0.5, 0.6) is 0 Å². The number of aliphatic hydroxyl groups excluding tert-OH is 1. The molecule has 0 bridgehead atoms. The lowest BCUT2D eigenvalue weighted by Crippen LogP contribution is -2.30. The second kappa shape index (κ2) is 6.39. The van der Waals surface area contributed by atoms with E-state index >= 15 is 0 Å². The van der Waals surface area contributed by atoms with Gasteiger partial charge in [0.25, 0.3) is 0 Å². The van der Waals surface area contributed by atoms with E-state index < -0.39 is 0 Å². The van der Waals surface area contributed by atoms with Gasteiger partial charge in [-0.3, -0.25) is 0 Å². The first-order valence-electron chi connectivity index (χ1n) is 5.16. The van der Waals surface area contributed by atoms with E-state index in [1.165, 1.54) is 0 Å². The standard InChI is InChI=1S/C11H24O2/c1-8(2)6-11(12)10(7-13-5)9(3)4/h8-12H,6-7H2,1-5H3/t10-,11-/m0/s1. The summed E-state index contributed by atoms with van der Waals surface area (Å²) >= 11 is 0. The van der Waals surface area contributed by atoms with Crippen LogP contribution in [-0.4, -0.2) is 24.9 Å². The van der Waals surface area contributed by atoms with Gasteiger partial charge < -0.3 is 9.84 Å². The highest BCUT2D eigenvalue weighted by Crippen LogP contribution is 2.20. The first-order chi connectivity index (χ1) is 5.99. The maximum atomic E-state index is 9.90. The van der Waals surface area contributed by atoms with Crippen LogP contribution in [-0.2, 0) is 4.74 Å². The van der Waals surface area contributed by atoms with Gasteiger partial charge in [-0.25, -0.2) is 0 Å². The molecule has 0 unspecified atom stereocenters. The van der Waals surface area contributed by atoms with Crippen LogP contribution in [0.15, 0.2) is 0 Å². The van der Waals surface area contributed by atoms with Crippen molar-refractivity contribution in [3.8, 4) is 0 Å². The maximum Gasteiger partial charge on any atom is 0.0595 e. The Labute approximate surface area is 82.3 Å². The molecule has 0 amide bonds. The van der Waals surface area contributed by atoms with Crippen molar-refractivity contribution in [2.45, 2.75) is 40.2 Å². The van der Waals surface area contributed by atoms with Crippen molar-refractivity contribution < 1.29 is 9.84 Å². The Balaban J connectivity index is 4.02. The molecular weight excluding hydrogens is 164 g/mol. The highest BCUT2D eigenvalue weighted by Gasteiger charge is 2.22. The highest BCUT2D eigenvalue weighted by molar-refractivity contribution is 4.72. The Morgan fingerprint density at radius 1 is 1.15 bits per heavy atom. The maximum absolute atomic E-state index is 9.90. The fourth-order valence-electron chi connectivity index (χ4n) is 1.60. The lowest BCUT2D eigenvalue weighted by atomic mass is 9.87. The average molecular weight is 188 g/mol. The van der Waals surface area contributed by atoms with Crippen molar-refractivity contribution in [1.82, 2.24) is 0 Å². The molecule has 2 heteroatoms. The van der Waals surface area contributed by atoms with Crippen LogP contribution in [0, 0.1) is 17.8 Å². The molecule has 0 aromatic heterocycles. The first kappa shape index (κ1) is 12.9. The van der Waals surface area contributed by atoms with E-state index in [4.69, 9.17) is 4.74 Å². The Kier molecular flexibility index (Phi) is 6.35. The molecule has 80 valence electrons. The minimum atomic E-state index is -0.222. The van der Waals surface area contributed by atoms with Crippen molar-refractivity contribution >= 4 is 0 Å². The van der Waals surface area contributed by atoms with Gasteiger partial charge in [-0.1, -0.05) is 27.7 Å². The smallest absolute Gasteiger partial charge is 0.0595 e. The second-order valence-corrected chi connectivity index (χ2v) is 4.56. The molecule has 0 saturated carbocycles. The second-order valence-electron chi connectivity index (χ2n) is 4.56. The zero-order chi connectivity index (χ0) is 10.4. The summed E-state index contributed by atoms with van der Waals surface area (Å²) in [4.78, 5) is 0. The lowest BCUT2D eigenvalue weighted by Gasteiger charge is -2.26. The lowest BCUT2D eigenvalue weighted by molar-refractivity contribution is 0.0135. The number of hydrogen-bond donors (Lipinski definition) is 1. The molecule has 0 fully saturated rings. The third-order valence-corrected chi connectivity index (χ3v) is 2.42. The van der Waals surface area contributed by atoms with E-state index in [-0.39, 0.29) is 12.0 Å². The number of methoxy groups -OCH3 is 1. The third kappa shape index (κ3) is 5.27. The molecule has 0 aromatic rings. The number of rotatable bonds is 6. The first-order valence-corrected chi connectivity index (χ1v) is 5.16. The van der Waals surface area contributed by atoms with E-state index in [2.05, 4.69) is 27.7 Å². The zero-order valence-corrected chi connectivity index (χ0v) is 9.58. The summed E-state index contributed by atoms with van der Waals surface area (Å²) in [6.45, 7) is 9.19. The predicted molar refractivity (Wildman–Crippen MR) is 55.7 cm³/mol. The van der Waals surface area contributed by atoms with Gasteiger partial charge in [0.15, 0.2) is 0 Å². The topological polar surface area (TPSA) is 29.5 Å². The van der Waals surface area contributed by atoms with Crippen molar-refractivity contribution in [2.24, 2.45) is 17.8 Å². The van der Waals surface area contributed by atoms with Gasteiger partial charge in [-0.2, -0.15) is 0 Å². The molecule has 0 aliphatic carbocycles. The summed E-state index contributed by atoms with van der Waals surface area (Å²) < 4.78 is 5.11. The molecular formula is C11H24O2. The van der Waals surface area contributed by atoms with Gasteiger partial charge in [-0.15, -0.1) is 0 Å². The van der Waals surface area contributed by atoms with E-state index in [9.17, 15) is 5.11 Å². The van der Waals surface area contributed by atoms with Gasteiger partial charge >= 0.3 is 0 Å². The monoisotopic (exact) mass is 188 g/mol.